The van der Waals surface area contributed by atoms with Crippen molar-refractivity contribution in [2.75, 3.05) is 20.2 Å². The number of para-hydroxylation sites is 1. The van der Waals surface area contributed by atoms with E-state index < -0.39 is 6.10 Å². The van der Waals surface area contributed by atoms with Crippen LogP contribution < -0.4 is 9.64 Å². The Balaban J connectivity index is 1.83. The maximum atomic E-state index is 10.4. The van der Waals surface area contributed by atoms with Gasteiger partial charge in [0.05, 0.1) is 13.1 Å². The van der Waals surface area contributed by atoms with E-state index in [2.05, 4.69) is 33.0 Å². The number of likely N-dealkylation sites (N-methyl/N-ethyl adjacent to an activating group) is 1. The van der Waals surface area contributed by atoms with Gasteiger partial charge in [0, 0.05) is 0 Å². The molecule has 3 atom stereocenters. The van der Waals surface area contributed by atoms with Gasteiger partial charge in [-0.3, -0.25) is 0 Å². The number of hydrogen-bond acceptors (Lipinski definition) is 2. The van der Waals surface area contributed by atoms with Gasteiger partial charge in [0.1, 0.15) is 25.0 Å². The highest BCUT2D eigenvalue weighted by atomic mass is 16.5. The van der Waals surface area contributed by atoms with Crippen LogP contribution in [0.3, 0.4) is 0 Å². The third-order valence-electron chi connectivity index (χ3n) is 5.35. The molecule has 0 aromatic heterocycles. The molecule has 1 saturated carbocycles. The molecule has 130 valence electrons. The highest BCUT2D eigenvalue weighted by Gasteiger charge is 2.23. The van der Waals surface area contributed by atoms with E-state index in [1.807, 2.05) is 12.1 Å². The molecule has 0 radical (unpaired) electrons. The number of aliphatic hydroxyl groups excluding tert-OH is 1. The summed E-state index contributed by atoms with van der Waals surface area (Å²) in [6.45, 7) is 5.58. The van der Waals surface area contributed by atoms with Gasteiger partial charge in [-0.15, -0.1) is 0 Å². The Morgan fingerprint density at radius 1 is 1.22 bits per heavy atom. The van der Waals surface area contributed by atoms with Gasteiger partial charge >= 0.3 is 0 Å². The molecule has 1 aliphatic carbocycles. The fourth-order valence-corrected chi connectivity index (χ4v) is 3.62. The maximum absolute atomic E-state index is 10.4. The average Bonchev–Trinajstić information content (AvgIpc) is 2.60. The van der Waals surface area contributed by atoms with Crippen LogP contribution in [0.2, 0.25) is 0 Å². The second-order valence-corrected chi connectivity index (χ2v) is 7.20. The molecule has 1 aromatic rings. The van der Waals surface area contributed by atoms with Gasteiger partial charge in [0.2, 0.25) is 0 Å². The summed E-state index contributed by atoms with van der Waals surface area (Å²) in [6, 6.07) is 8.94. The van der Waals surface area contributed by atoms with Gasteiger partial charge in [-0.25, -0.2) is 0 Å². The summed E-state index contributed by atoms with van der Waals surface area (Å²) < 4.78 is 5.95. The summed E-state index contributed by atoms with van der Waals surface area (Å²) in [6.07, 6.45) is 7.36. The van der Waals surface area contributed by atoms with Crippen molar-refractivity contribution in [2.24, 2.45) is 0 Å². The zero-order valence-corrected chi connectivity index (χ0v) is 15.1. The molecule has 0 saturated heterocycles. The normalized spacial score (nSPS) is 20.0. The number of aliphatic hydroxyl groups is 1. The van der Waals surface area contributed by atoms with Crippen molar-refractivity contribution in [3.8, 4) is 5.75 Å². The summed E-state index contributed by atoms with van der Waals surface area (Å²) in [7, 11) is 2.21. The van der Waals surface area contributed by atoms with Crippen LogP contribution in [0.15, 0.2) is 24.3 Å². The molecule has 1 unspecified atom stereocenters. The SMILES string of the molecule is CC[C@@H](C)c1ccccc1OC[C@@H](O)C[NH+](C)C1CCCCC1. The Hall–Kier alpha value is -1.06. The lowest BCUT2D eigenvalue weighted by molar-refractivity contribution is -0.910. The summed E-state index contributed by atoms with van der Waals surface area (Å²) in [4.78, 5) is 1.45. The van der Waals surface area contributed by atoms with Crippen molar-refractivity contribution < 1.29 is 14.7 Å². The Morgan fingerprint density at radius 3 is 2.61 bits per heavy atom. The molecule has 0 heterocycles. The molecule has 0 aliphatic heterocycles. The molecule has 0 amide bonds. The molecule has 3 heteroatoms. The molecule has 0 bridgehead atoms. The number of hydrogen-bond donors (Lipinski definition) is 2. The first-order valence-electron chi connectivity index (χ1n) is 9.33. The van der Waals surface area contributed by atoms with Crippen molar-refractivity contribution >= 4 is 0 Å². The zero-order valence-electron chi connectivity index (χ0n) is 15.1. The van der Waals surface area contributed by atoms with Crippen molar-refractivity contribution in [2.45, 2.75) is 70.4 Å². The second-order valence-electron chi connectivity index (χ2n) is 7.20. The van der Waals surface area contributed by atoms with Gasteiger partial charge in [-0.2, -0.15) is 0 Å². The van der Waals surface area contributed by atoms with Crippen molar-refractivity contribution in [3.63, 3.8) is 0 Å². The van der Waals surface area contributed by atoms with Crippen LogP contribution in [0.1, 0.15) is 63.9 Å². The molecule has 1 aliphatic rings. The molecule has 23 heavy (non-hydrogen) atoms. The minimum Gasteiger partial charge on any atom is -0.490 e. The fraction of sp³-hybridized carbons (Fsp3) is 0.700. The van der Waals surface area contributed by atoms with E-state index in [1.54, 1.807) is 0 Å². The molecule has 0 spiro atoms. The van der Waals surface area contributed by atoms with Crippen molar-refractivity contribution in [3.05, 3.63) is 29.8 Å². The van der Waals surface area contributed by atoms with E-state index in [9.17, 15) is 5.11 Å². The van der Waals surface area contributed by atoms with E-state index in [0.29, 0.717) is 18.6 Å². The van der Waals surface area contributed by atoms with Crippen LogP contribution >= 0.6 is 0 Å². The lowest BCUT2D eigenvalue weighted by atomic mass is 9.94. The third-order valence-corrected chi connectivity index (χ3v) is 5.35. The molecule has 2 N–H and O–H groups in total. The topological polar surface area (TPSA) is 33.9 Å². The van der Waals surface area contributed by atoms with Gasteiger partial charge < -0.3 is 14.7 Å². The predicted octanol–water partition coefficient (Wildman–Crippen LogP) is 2.79. The minimum atomic E-state index is -0.401. The number of quaternary nitrogens is 1. The molecule has 3 nitrogen and oxygen atoms in total. The summed E-state index contributed by atoms with van der Waals surface area (Å²) in [5.74, 6) is 1.41. The number of ether oxygens (including phenoxy) is 1. The van der Waals surface area contributed by atoms with Gasteiger partial charge in [0.15, 0.2) is 0 Å². The van der Waals surface area contributed by atoms with Gasteiger partial charge in [-0.05, 0) is 49.7 Å². The maximum Gasteiger partial charge on any atom is 0.137 e. The second kappa shape index (κ2) is 9.29. The number of benzene rings is 1. The summed E-state index contributed by atoms with van der Waals surface area (Å²) in [5, 5.41) is 10.4. The van der Waals surface area contributed by atoms with Crippen molar-refractivity contribution in [1.82, 2.24) is 0 Å². The first-order chi connectivity index (χ1) is 11.1. The smallest absolute Gasteiger partial charge is 0.137 e. The van der Waals surface area contributed by atoms with E-state index >= 15 is 0 Å². The first kappa shape index (κ1) is 18.3. The lowest BCUT2D eigenvalue weighted by Crippen LogP contribution is -3.14. The number of nitrogens with one attached hydrogen (secondary N) is 1. The van der Waals surface area contributed by atoms with Crippen LogP contribution in [-0.2, 0) is 0 Å². The fourth-order valence-electron chi connectivity index (χ4n) is 3.62. The van der Waals surface area contributed by atoms with Gasteiger partial charge in [-0.1, -0.05) is 38.5 Å². The number of rotatable bonds is 8. The molecule has 1 fully saturated rings. The minimum absolute atomic E-state index is 0.386. The molecular formula is C20H34NO2+. The Kier molecular flexibility index (Phi) is 7.38. The Morgan fingerprint density at radius 2 is 1.91 bits per heavy atom. The Bertz CT molecular complexity index is 457. The van der Waals surface area contributed by atoms with Crippen LogP contribution in [0, 0.1) is 0 Å². The van der Waals surface area contributed by atoms with Crippen LogP contribution in [0.4, 0.5) is 0 Å². The zero-order chi connectivity index (χ0) is 16.7. The largest absolute Gasteiger partial charge is 0.490 e. The van der Waals surface area contributed by atoms with E-state index in [4.69, 9.17) is 4.74 Å². The van der Waals surface area contributed by atoms with Crippen molar-refractivity contribution in [1.29, 1.82) is 0 Å². The van der Waals surface area contributed by atoms with Crippen LogP contribution in [0.25, 0.3) is 0 Å². The first-order valence-corrected chi connectivity index (χ1v) is 9.33. The molecular weight excluding hydrogens is 286 g/mol. The van der Waals surface area contributed by atoms with Gasteiger partial charge in [0.25, 0.3) is 0 Å². The lowest BCUT2D eigenvalue weighted by Gasteiger charge is -2.29. The van der Waals surface area contributed by atoms with Crippen LogP contribution in [-0.4, -0.2) is 37.5 Å². The van der Waals surface area contributed by atoms with E-state index in [1.165, 1.54) is 42.6 Å². The molecule has 2 rings (SSSR count). The predicted molar refractivity (Wildman–Crippen MR) is 95.3 cm³/mol. The third kappa shape index (κ3) is 5.50. The summed E-state index contributed by atoms with van der Waals surface area (Å²) >= 11 is 0. The average molecular weight is 320 g/mol. The quantitative estimate of drug-likeness (QED) is 0.772. The van der Waals surface area contributed by atoms with Crippen LogP contribution in [0.5, 0.6) is 5.75 Å². The molecule has 1 aromatic carbocycles. The summed E-state index contributed by atoms with van der Waals surface area (Å²) in [5.41, 5.74) is 1.25. The standard InChI is InChI=1S/C20H33NO2/c1-4-16(2)19-12-8-9-13-20(19)23-15-18(22)14-21(3)17-10-6-5-7-11-17/h8-9,12-13,16-18,22H,4-7,10-11,14-15H2,1-3H3/p+1/t16-,18+/m1/s1. The van der Waals surface area contributed by atoms with E-state index in [0.717, 1.165) is 18.7 Å². The van der Waals surface area contributed by atoms with E-state index in [-0.39, 0.29) is 0 Å². The highest BCUT2D eigenvalue weighted by Crippen LogP contribution is 2.28. The Labute approximate surface area is 141 Å². The monoisotopic (exact) mass is 320 g/mol. The highest BCUT2D eigenvalue weighted by molar-refractivity contribution is 5.35.